The van der Waals surface area contributed by atoms with E-state index in [1.54, 1.807) is 28.6 Å². The number of hydrogen-bond donors (Lipinski definition) is 0. The Hall–Kier alpha value is -2.53. The molecule has 5 heteroatoms. The molecule has 0 aliphatic heterocycles. The van der Waals surface area contributed by atoms with Crippen molar-refractivity contribution >= 4 is 28.6 Å². The number of hydrogen-bond acceptors (Lipinski definition) is 4. The average molecular weight is 353 g/mol. The second kappa shape index (κ2) is 7.57. The molecule has 2 aromatic carbocycles. The molecule has 0 saturated carbocycles. The molecule has 0 bridgehead atoms. The van der Waals surface area contributed by atoms with E-state index in [0.29, 0.717) is 5.39 Å². The third-order valence-corrected chi connectivity index (χ3v) is 4.88. The lowest BCUT2D eigenvalue weighted by molar-refractivity contribution is -0.149. The van der Waals surface area contributed by atoms with Gasteiger partial charge in [0.05, 0.1) is 5.52 Å². The van der Waals surface area contributed by atoms with Crippen LogP contribution in [0.3, 0.4) is 0 Å². The number of nitrogens with zero attached hydrogens (tertiary/aromatic N) is 1. The maximum Gasteiger partial charge on any atom is 0.326 e. The Kier molecular flexibility index (Phi) is 5.24. The molecular formula is C20H19NO3S. The van der Waals surface area contributed by atoms with Crippen LogP contribution in [0.15, 0.2) is 70.5 Å². The van der Waals surface area contributed by atoms with Gasteiger partial charge in [0.1, 0.15) is 12.6 Å². The normalized spacial score (nSPS) is 12.1. The molecule has 4 nitrogen and oxygen atoms in total. The van der Waals surface area contributed by atoms with Crippen molar-refractivity contribution in [2.24, 2.45) is 0 Å². The van der Waals surface area contributed by atoms with Gasteiger partial charge in [0.2, 0.25) is 0 Å². The maximum atomic E-state index is 12.4. The first-order chi connectivity index (χ1) is 12.1. The first-order valence-electron chi connectivity index (χ1n) is 8.00. The number of carbonyl (C=O) groups excluding carboxylic acids is 1. The van der Waals surface area contributed by atoms with Crippen LogP contribution in [0.5, 0.6) is 0 Å². The molecule has 0 amide bonds. The minimum absolute atomic E-state index is 0.0533. The average Bonchev–Trinajstić information content (AvgIpc) is 2.64. The van der Waals surface area contributed by atoms with Gasteiger partial charge in [-0.1, -0.05) is 30.3 Å². The van der Waals surface area contributed by atoms with E-state index in [9.17, 15) is 9.59 Å². The first-order valence-corrected chi connectivity index (χ1v) is 9.23. The van der Waals surface area contributed by atoms with Crippen molar-refractivity contribution in [3.8, 4) is 0 Å². The molecule has 1 aromatic heterocycles. The fraction of sp³-hybridized carbons (Fsp3) is 0.200. The molecule has 0 fully saturated rings. The SMILES string of the molecule is CSc1ccccc1[C@@H](C)OC(=O)Cn1ccc(=O)c2ccccc21. The molecule has 1 heterocycles. The van der Waals surface area contributed by atoms with Crippen LogP contribution in [0.4, 0.5) is 0 Å². The number of carbonyl (C=O) groups is 1. The summed E-state index contributed by atoms with van der Waals surface area (Å²) < 4.78 is 7.35. The van der Waals surface area contributed by atoms with E-state index in [1.165, 1.54) is 6.07 Å². The predicted octanol–water partition coefficient (Wildman–Crippen LogP) is 4.03. The van der Waals surface area contributed by atoms with Gasteiger partial charge in [0.15, 0.2) is 5.43 Å². The van der Waals surface area contributed by atoms with Crippen molar-refractivity contribution in [1.82, 2.24) is 4.57 Å². The molecule has 128 valence electrons. The Morgan fingerprint density at radius 2 is 1.84 bits per heavy atom. The van der Waals surface area contributed by atoms with E-state index in [4.69, 9.17) is 4.74 Å². The highest BCUT2D eigenvalue weighted by molar-refractivity contribution is 7.98. The standard InChI is InChI=1S/C20H19NO3S/c1-14(15-7-4-6-10-19(15)25-2)24-20(23)13-21-12-11-18(22)16-8-3-5-9-17(16)21/h3-12,14H,13H2,1-2H3/t14-/m1/s1. The lowest BCUT2D eigenvalue weighted by atomic mass is 10.1. The van der Waals surface area contributed by atoms with Gasteiger partial charge in [0, 0.05) is 28.1 Å². The number of aromatic nitrogens is 1. The van der Waals surface area contributed by atoms with Crippen molar-refractivity contribution in [2.75, 3.05) is 6.26 Å². The van der Waals surface area contributed by atoms with E-state index in [-0.39, 0.29) is 24.0 Å². The number of thioether (sulfide) groups is 1. The number of pyridine rings is 1. The molecule has 0 aliphatic carbocycles. The lowest BCUT2D eigenvalue weighted by Crippen LogP contribution is -2.18. The maximum absolute atomic E-state index is 12.4. The van der Waals surface area contributed by atoms with Crippen molar-refractivity contribution < 1.29 is 9.53 Å². The highest BCUT2D eigenvalue weighted by atomic mass is 32.2. The van der Waals surface area contributed by atoms with Crippen LogP contribution in [-0.2, 0) is 16.1 Å². The van der Waals surface area contributed by atoms with Crippen LogP contribution in [0.25, 0.3) is 10.9 Å². The zero-order chi connectivity index (χ0) is 17.8. The fourth-order valence-corrected chi connectivity index (χ4v) is 3.52. The summed E-state index contributed by atoms with van der Waals surface area (Å²) in [5.41, 5.74) is 1.67. The van der Waals surface area contributed by atoms with Gasteiger partial charge >= 0.3 is 5.97 Å². The van der Waals surface area contributed by atoms with Gasteiger partial charge in [-0.3, -0.25) is 9.59 Å². The Morgan fingerprint density at radius 3 is 2.64 bits per heavy atom. The summed E-state index contributed by atoms with van der Waals surface area (Å²) in [5, 5.41) is 0.596. The third kappa shape index (κ3) is 3.77. The summed E-state index contributed by atoms with van der Waals surface area (Å²) >= 11 is 1.63. The summed E-state index contributed by atoms with van der Waals surface area (Å²) in [7, 11) is 0. The molecular weight excluding hydrogens is 334 g/mol. The van der Waals surface area contributed by atoms with Crippen LogP contribution in [0.2, 0.25) is 0 Å². The van der Waals surface area contributed by atoms with E-state index in [0.717, 1.165) is 16.0 Å². The molecule has 0 aliphatic rings. The molecule has 1 atom stereocenters. The number of ether oxygens (including phenoxy) is 1. The molecule has 0 unspecified atom stereocenters. The van der Waals surface area contributed by atoms with Gasteiger partial charge in [-0.15, -0.1) is 11.8 Å². The number of fused-ring (bicyclic) bond motifs is 1. The fourth-order valence-electron chi connectivity index (χ4n) is 2.84. The first kappa shape index (κ1) is 17.3. The topological polar surface area (TPSA) is 48.3 Å². The number of para-hydroxylation sites is 1. The second-order valence-corrected chi connectivity index (χ2v) is 6.55. The largest absolute Gasteiger partial charge is 0.456 e. The molecule has 0 N–H and O–H groups in total. The Morgan fingerprint density at radius 1 is 1.12 bits per heavy atom. The molecule has 3 rings (SSSR count). The minimum Gasteiger partial charge on any atom is -0.456 e. The number of rotatable bonds is 5. The minimum atomic E-state index is -0.336. The molecule has 3 aromatic rings. The highest BCUT2D eigenvalue weighted by Crippen LogP contribution is 2.27. The molecule has 0 radical (unpaired) electrons. The van der Waals surface area contributed by atoms with Crippen molar-refractivity contribution in [1.29, 1.82) is 0 Å². The van der Waals surface area contributed by atoms with Crippen LogP contribution in [0.1, 0.15) is 18.6 Å². The van der Waals surface area contributed by atoms with E-state index in [1.807, 2.05) is 55.6 Å². The summed E-state index contributed by atoms with van der Waals surface area (Å²) in [4.78, 5) is 25.4. The predicted molar refractivity (Wildman–Crippen MR) is 101 cm³/mol. The zero-order valence-electron chi connectivity index (χ0n) is 14.1. The highest BCUT2D eigenvalue weighted by Gasteiger charge is 2.15. The van der Waals surface area contributed by atoms with Gasteiger partial charge in [0.25, 0.3) is 0 Å². The Balaban J connectivity index is 1.79. The lowest BCUT2D eigenvalue weighted by Gasteiger charge is -2.17. The van der Waals surface area contributed by atoms with Gasteiger partial charge in [-0.25, -0.2) is 0 Å². The van der Waals surface area contributed by atoms with Crippen LogP contribution < -0.4 is 5.43 Å². The van der Waals surface area contributed by atoms with Crippen LogP contribution >= 0.6 is 11.8 Å². The Bertz CT molecular complexity index is 964. The van der Waals surface area contributed by atoms with Crippen molar-refractivity contribution in [3.63, 3.8) is 0 Å². The Labute approximate surface area is 150 Å². The quantitative estimate of drug-likeness (QED) is 0.513. The van der Waals surface area contributed by atoms with Gasteiger partial charge in [-0.2, -0.15) is 0 Å². The summed E-state index contributed by atoms with van der Waals surface area (Å²) in [6.07, 6.45) is 3.30. The van der Waals surface area contributed by atoms with Crippen LogP contribution in [-0.4, -0.2) is 16.8 Å². The van der Waals surface area contributed by atoms with E-state index in [2.05, 4.69) is 0 Å². The summed E-state index contributed by atoms with van der Waals surface area (Å²) in [6, 6.07) is 16.6. The second-order valence-electron chi connectivity index (χ2n) is 5.70. The zero-order valence-corrected chi connectivity index (χ0v) is 15.0. The molecule has 25 heavy (non-hydrogen) atoms. The van der Waals surface area contributed by atoms with Gasteiger partial charge in [-0.05, 0) is 31.4 Å². The summed E-state index contributed by atoms with van der Waals surface area (Å²) in [6.45, 7) is 1.93. The van der Waals surface area contributed by atoms with Crippen molar-refractivity contribution in [3.05, 3.63) is 76.6 Å². The van der Waals surface area contributed by atoms with E-state index < -0.39 is 0 Å². The third-order valence-electron chi connectivity index (χ3n) is 4.07. The molecule has 0 saturated heterocycles. The summed E-state index contributed by atoms with van der Waals surface area (Å²) in [5.74, 6) is -0.336. The smallest absolute Gasteiger partial charge is 0.326 e. The van der Waals surface area contributed by atoms with Crippen LogP contribution in [0, 0.1) is 0 Å². The number of esters is 1. The van der Waals surface area contributed by atoms with Crippen molar-refractivity contribution in [2.45, 2.75) is 24.5 Å². The van der Waals surface area contributed by atoms with E-state index >= 15 is 0 Å². The number of benzene rings is 2. The monoisotopic (exact) mass is 353 g/mol. The molecule has 0 spiro atoms. The van der Waals surface area contributed by atoms with Gasteiger partial charge < -0.3 is 9.30 Å².